The minimum atomic E-state index is -0.459. The van der Waals surface area contributed by atoms with Gasteiger partial charge in [0.05, 0.1) is 11.1 Å². The zero-order chi connectivity index (χ0) is 14.8. The Morgan fingerprint density at radius 3 is 2.60 bits per heavy atom. The quantitative estimate of drug-likeness (QED) is 0.343. The number of carbonyl (C=O) groups excluding carboxylic acids is 1. The molecule has 1 aromatic rings. The molecular weight excluding hydrogens is 258 g/mol. The van der Waals surface area contributed by atoms with Gasteiger partial charge in [-0.1, -0.05) is 26.2 Å². The van der Waals surface area contributed by atoms with E-state index in [1.54, 1.807) is 12.1 Å². The fraction of sp³-hybridized carbons (Fsp3) is 0.429. The summed E-state index contributed by atoms with van der Waals surface area (Å²) in [5, 5.41) is 14.3. The molecule has 1 amide bonds. The van der Waals surface area contributed by atoms with Gasteiger partial charge in [0.2, 0.25) is 5.91 Å². The molecule has 1 aromatic carbocycles. The highest BCUT2D eigenvalue weighted by Crippen LogP contribution is 2.10. The van der Waals surface area contributed by atoms with Crippen LogP contribution in [0.2, 0.25) is 0 Å². The standard InChI is InChI=1S/C14H19N3O3/c1-2-3-4-5-6-14(18)16-15-11-12-7-9-13(10-8-12)17(19)20/h7-11H,2-6H2,1H3,(H,16,18)/b15-11-. The highest BCUT2D eigenvalue weighted by atomic mass is 16.6. The van der Waals surface area contributed by atoms with Crippen molar-refractivity contribution in [2.45, 2.75) is 39.0 Å². The molecule has 0 radical (unpaired) electrons. The van der Waals surface area contributed by atoms with Gasteiger partial charge in [0.25, 0.3) is 5.69 Å². The lowest BCUT2D eigenvalue weighted by Crippen LogP contribution is -2.16. The lowest BCUT2D eigenvalue weighted by atomic mass is 10.1. The number of amides is 1. The lowest BCUT2D eigenvalue weighted by molar-refractivity contribution is -0.384. The molecule has 6 heteroatoms. The molecule has 0 unspecified atom stereocenters. The summed E-state index contributed by atoms with van der Waals surface area (Å²) >= 11 is 0. The van der Waals surface area contributed by atoms with Gasteiger partial charge in [-0.3, -0.25) is 14.9 Å². The number of hydrogen-bond acceptors (Lipinski definition) is 4. The second-order valence-corrected chi connectivity index (χ2v) is 4.45. The number of non-ortho nitro benzene ring substituents is 1. The van der Waals surface area contributed by atoms with Crippen LogP contribution in [0.5, 0.6) is 0 Å². The third-order valence-electron chi connectivity index (χ3n) is 2.76. The van der Waals surface area contributed by atoms with E-state index in [4.69, 9.17) is 0 Å². The Bertz CT molecular complexity index is 469. The number of nitro benzene ring substituents is 1. The van der Waals surface area contributed by atoms with Crippen LogP contribution in [-0.2, 0) is 4.79 Å². The van der Waals surface area contributed by atoms with Crippen molar-refractivity contribution in [2.75, 3.05) is 0 Å². The van der Waals surface area contributed by atoms with Crippen LogP contribution >= 0.6 is 0 Å². The molecule has 1 N–H and O–H groups in total. The Balaban J connectivity index is 2.33. The van der Waals surface area contributed by atoms with Crippen LogP contribution in [-0.4, -0.2) is 17.0 Å². The molecule has 0 aliphatic heterocycles. The number of hydrazone groups is 1. The first-order valence-corrected chi connectivity index (χ1v) is 6.70. The summed E-state index contributed by atoms with van der Waals surface area (Å²) in [6, 6.07) is 5.95. The van der Waals surface area contributed by atoms with Gasteiger partial charge in [-0.25, -0.2) is 5.43 Å². The molecule has 0 aliphatic rings. The van der Waals surface area contributed by atoms with E-state index in [0.717, 1.165) is 25.7 Å². The number of carbonyl (C=O) groups is 1. The fourth-order valence-corrected chi connectivity index (χ4v) is 1.63. The van der Waals surface area contributed by atoms with Crippen LogP contribution in [0, 0.1) is 10.1 Å². The normalized spacial score (nSPS) is 10.7. The molecule has 0 saturated carbocycles. The molecule has 0 aliphatic carbocycles. The average Bonchev–Trinajstić information content (AvgIpc) is 2.44. The molecule has 20 heavy (non-hydrogen) atoms. The summed E-state index contributed by atoms with van der Waals surface area (Å²) in [5.41, 5.74) is 3.17. The number of benzene rings is 1. The van der Waals surface area contributed by atoms with Crippen molar-refractivity contribution < 1.29 is 9.72 Å². The highest BCUT2D eigenvalue weighted by molar-refractivity contribution is 5.82. The van der Waals surface area contributed by atoms with Crippen LogP contribution in [0.15, 0.2) is 29.4 Å². The fourth-order valence-electron chi connectivity index (χ4n) is 1.63. The molecule has 0 saturated heterocycles. The zero-order valence-corrected chi connectivity index (χ0v) is 11.5. The molecule has 0 atom stereocenters. The molecule has 0 heterocycles. The van der Waals surface area contributed by atoms with Gasteiger partial charge in [0.1, 0.15) is 0 Å². The van der Waals surface area contributed by atoms with Crippen LogP contribution in [0.25, 0.3) is 0 Å². The van der Waals surface area contributed by atoms with E-state index in [2.05, 4.69) is 17.5 Å². The number of unbranched alkanes of at least 4 members (excludes halogenated alkanes) is 3. The predicted octanol–water partition coefficient (Wildman–Crippen LogP) is 3.02. The number of hydrogen-bond donors (Lipinski definition) is 1. The average molecular weight is 277 g/mol. The SMILES string of the molecule is CCCCCCC(=O)N/N=C\c1ccc([N+](=O)[O-])cc1. The van der Waals surface area contributed by atoms with Crippen molar-refractivity contribution in [1.82, 2.24) is 5.43 Å². The summed E-state index contributed by atoms with van der Waals surface area (Å²) < 4.78 is 0. The molecular formula is C14H19N3O3. The highest BCUT2D eigenvalue weighted by Gasteiger charge is 2.02. The Kier molecular flexibility index (Phi) is 6.95. The maximum Gasteiger partial charge on any atom is 0.269 e. The lowest BCUT2D eigenvalue weighted by Gasteiger charge is -1.99. The van der Waals surface area contributed by atoms with Gasteiger partial charge >= 0.3 is 0 Å². The minimum Gasteiger partial charge on any atom is -0.273 e. The van der Waals surface area contributed by atoms with E-state index in [1.807, 2.05) is 0 Å². The third-order valence-corrected chi connectivity index (χ3v) is 2.76. The third kappa shape index (κ3) is 6.08. The van der Waals surface area contributed by atoms with Crippen LogP contribution in [0.1, 0.15) is 44.6 Å². The van der Waals surface area contributed by atoms with Crippen LogP contribution in [0.3, 0.4) is 0 Å². The van der Waals surface area contributed by atoms with Gasteiger partial charge in [0.15, 0.2) is 0 Å². The van der Waals surface area contributed by atoms with Crippen LogP contribution in [0.4, 0.5) is 5.69 Å². The number of rotatable bonds is 8. The van der Waals surface area contributed by atoms with E-state index in [9.17, 15) is 14.9 Å². The first-order chi connectivity index (χ1) is 9.63. The van der Waals surface area contributed by atoms with E-state index in [1.165, 1.54) is 18.3 Å². The maximum atomic E-state index is 11.4. The molecule has 0 fully saturated rings. The molecule has 108 valence electrons. The molecule has 1 rings (SSSR count). The topological polar surface area (TPSA) is 84.6 Å². The van der Waals surface area contributed by atoms with Crippen molar-refractivity contribution in [3.63, 3.8) is 0 Å². The Labute approximate surface area is 118 Å². The molecule has 0 spiro atoms. The first kappa shape index (κ1) is 15.8. The van der Waals surface area contributed by atoms with Crippen molar-refractivity contribution in [3.05, 3.63) is 39.9 Å². The van der Waals surface area contributed by atoms with Crippen molar-refractivity contribution >= 4 is 17.8 Å². The zero-order valence-electron chi connectivity index (χ0n) is 11.5. The largest absolute Gasteiger partial charge is 0.273 e. The van der Waals surface area contributed by atoms with E-state index >= 15 is 0 Å². The summed E-state index contributed by atoms with van der Waals surface area (Å²) in [7, 11) is 0. The Hall–Kier alpha value is -2.24. The second-order valence-electron chi connectivity index (χ2n) is 4.45. The van der Waals surface area contributed by atoms with Gasteiger partial charge in [0, 0.05) is 18.6 Å². The van der Waals surface area contributed by atoms with Gasteiger partial charge in [-0.15, -0.1) is 0 Å². The van der Waals surface area contributed by atoms with Gasteiger partial charge in [-0.05, 0) is 24.1 Å². The molecule has 0 bridgehead atoms. The first-order valence-electron chi connectivity index (χ1n) is 6.70. The van der Waals surface area contributed by atoms with E-state index < -0.39 is 4.92 Å². The van der Waals surface area contributed by atoms with Crippen LogP contribution < -0.4 is 5.43 Å². The summed E-state index contributed by atoms with van der Waals surface area (Å²) in [6.45, 7) is 2.12. The molecule has 0 aromatic heterocycles. The monoisotopic (exact) mass is 277 g/mol. The Morgan fingerprint density at radius 2 is 2.00 bits per heavy atom. The van der Waals surface area contributed by atoms with E-state index in [-0.39, 0.29) is 11.6 Å². The predicted molar refractivity (Wildman–Crippen MR) is 77.6 cm³/mol. The number of nitrogens with one attached hydrogen (secondary N) is 1. The maximum absolute atomic E-state index is 11.4. The smallest absolute Gasteiger partial charge is 0.269 e. The second kappa shape index (κ2) is 8.79. The Morgan fingerprint density at radius 1 is 1.30 bits per heavy atom. The summed E-state index contributed by atoms with van der Waals surface area (Å²) in [5.74, 6) is -0.112. The number of nitro groups is 1. The summed E-state index contributed by atoms with van der Waals surface area (Å²) in [6.07, 6.45) is 6.13. The van der Waals surface area contributed by atoms with Gasteiger partial charge in [-0.2, -0.15) is 5.10 Å². The van der Waals surface area contributed by atoms with Gasteiger partial charge < -0.3 is 0 Å². The minimum absolute atomic E-state index is 0.0297. The van der Waals surface area contributed by atoms with Crippen molar-refractivity contribution in [3.8, 4) is 0 Å². The summed E-state index contributed by atoms with van der Waals surface area (Å²) in [4.78, 5) is 21.4. The van der Waals surface area contributed by atoms with Crippen molar-refractivity contribution in [1.29, 1.82) is 0 Å². The van der Waals surface area contributed by atoms with Crippen molar-refractivity contribution in [2.24, 2.45) is 5.10 Å². The molecule has 6 nitrogen and oxygen atoms in total. The van der Waals surface area contributed by atoms with E-state index in [0.29, 0.717) is 12.0 Å². The number of nitrogens with zero attached hydrogens (tertiary/aromatic N) is 2.